The average molecular weight is 576 g/mol. The van der Waals surface area contributed by atoms with Crippen LogP contribution < -0.4 is 9.64 Å². The lowest BCUT2D eigenvalue weighted by molar-refractivity contribution is -0.138. The minimum Gasteiger partial charge on any atom is -0.497 e. The molecule has 0 fully saturated rings. The highest BCUT2D eigenvalue weighted by molar-refractivity contribution is 8.29. The highest BCUT2D eigenvalue weighted by Gasteiger charge is 2.46. The molecular weight excluding hydrogens is 554 g/mol. The fourth-order valence-electron chi connectivity index (χ4n) is 4.04. The van der Waals surface area contributed by atoms with Gasteiger partial charge in [-0.1, -0.05) is 53.4 Å². The van der Waals surface area contributed by atoms with Crippen molar-refractivity contribution in [1.82, 2.24) is 0 Å². The van der Waals surface area contributed by atoms with Crippen LogP contribution in [-0.2, 0) is 19.1 Å². The summed E-state index contributed by atoms with van der Waals surface area (Å²) in [6.45, 7) is 3.70. The maximum Gasteiger partial charge on any atom is 0.346 e. The second kappa shape index (κ2) is 10.5. The van der Waals surface area contributed by atoms with Gasteiger partial charge in [0.2, 0.25) is 0 Å². The van der Waals surface area contributed by atoms with E-state index in [-0.39, 0.29) is 15.7 Å². The number of ether oxygens (including phenoxy) is 3. The zero-order valence-corrected chi connectivity index (χ0v) is 23.7. The third kappa shape index (κ3) is 4.79. The Morgan fingerprint density at radius 1 is 0.946 bits per heavy atom. The van der Waals surface area contributed by atoms with Gasteiger partial charge in [-0.3, -0.25) is 9.69 Å². The number of amides is 1. The van der Waals surface area contributed by atoms with Crippen molar-refractivity contribution in [2.24, 2.45) is 0 Å². The molecular formula is C26H22ClNO6S3. The van der Waals surface area contributed by atoms with Crippen molar-refractivity contribution in [3.8, 4) is 5.75 Å². The van der Waals surface area contributed by atoms with Gasteiger partial charge in [-0.05, 0) is 44.2 Å². The maximum atomic E-state index is 13.9. The molecule has 0 N–H and O–H groups in total. The molecule has 2 heterocycles. The van der Waals surface area contributed by atoms with E-state index >= 15 is 0 Å². The molecule has 2 aromatic rings. The Bertz CT molecular complexity index is 1380. The lowest BCUT2D eigenvalue weighted by atomic mass is 9.82. The van der Waals surface area contributed by atoms with Crippen molar-refractivity contribution in [3.05, 3.63) is 72.7 Å². The molecule has 0 saturated carbocycles. The lowest BCUT2D eigenvalue weighted by Crippen LogP contribution is -2.56. The quantitative estimate of drug-likeness (QED) is 0.253. The number of halogens is 1. The van der Waals surface area contributed by atoms with E-state index in [4.69, 9.17) is 38.0 Å². The first-order valence-electron chi connectivity index (χ1n) is 10.9. The molecule has 0 atom stereocenters. The number of hydrogen-bond acceptors (Lipinski definition) is 9. The molecule has 11 heteroatoms. The van der Waals surface area contributed by atoms with Crippen molar-refractivity contribution in [2.45, 2.75) is 19.4 Å². The van der Waals surface area contributed by atoms with E-state index in [0.717, 1.165) is 23.5 Å². The molecule has 2 aromatic carbocycles. The van der Waals surface area contributed by atoms with Crippen LogP contribution in [0.5, 0.6) is 5.75 Å². The molecule has 37 heavy (non-hydrogen) atoms. The predicted octanol–water partition coefficient (Wildman–Crippen LogP) is 5.86. The predicted molar refractivity (Wildman–Crippen MR) is 151 cm³/mol. The summed E-state index contributed by atoms with van der Waals surface area (Å²) in [6.07, 6.45) is 0. The number of nitrogens with zero attached hydrogens (tertiary/aromatic N) is 1. The van der Waals surface area contributed by atoms with Gasteiger partial charge in [0.15, 0.2) is 0 Å². The smallest absolute Gasteiger partial charge is 0.346 e. The average Bonchev–Trinajstić information content (AvgIpc) is 3.33. The second-order valence-electron chi connectivity index (χ2n) is 8.43. The molecule has 0 aliphatic carbocycles. The van der Waals surface area contributed by atoms with E-state index in [1.807, 2.05) is 19.9 Å². The molecule has 0 bridgehead atoms. The van der Waals surface area contributed by atoms with E-state index in [2.05, 4.69) is 0 Å². The summed E-state index contributed by atoms with van der Waals surface area (Å²) in [4.78, 5) is 41.2. The third-order valence-corrected chi connectivity index (χ3v) is 9.37. The summed E-state index contributed by atoms with van der Waals surface area (Å²) in [6, 6.07) is 12.1. The number of hydrogen-bond donors (Lipinski definition) is 0. The Balaban J connectivity index is 1.94. The monoisotopic (exact) mass is 575 g/mol. The Kier molecular flexibility index (Phi) is 7.75. The van der Waals surface area contributed by atoms with Gasteiger partial charge in [-0.2, -0.15) is 0 Å². The largest absolute Gasteiger partial charge is 0.497 e. The second-order valence-corrected chi connectivity index (χ2v) is 11.6. The van der Waals surface area contributed by atoms with E-state index in [9.17, 15) is 14.4 Å². The molecule has 0 unspecified atom stereocenters. The number of thiocarbonyl (C=S) groups is 1. The van der Waals surface area contributed by atoms with Crippen LogP contribution in [0.4, 0.5) is 5.69 Å². The van der Waals surface area contributed by atoms with Crippen LogP contribution in [0.3, 0.4) is 0 Å². The van der Waals surface area contributed by atoms with Crippen LogP contribution in [0.2, 0.25) is 5.02 Å². The number of carbonyl (C=O) groups excluding carboxylic acids is 3. The summed E-state index contributed by atoms with van der Waals surface area (Å²) in [5.74, 6) is -1.04. The number of rotatable bonds is 4. The molecule has 0 aromatic heterocycles. The van der Waals surface area contributed by atoms with Crippen LogP contribution in [0, 0.1) is 0 Å². The molecule has 192 valence electrons. The first kappa shape index (κ1) is 27.3. The molecule has 0 spiro atoms. The van der Waals surface area contributed by atoms with Gasteiger partial charge in [0, 0.05) is 27.8 Å². The number of carbonyl (C=O) groups is 3. The molecule has 1 amide bonds. The molecule has 7 nitrogen and oxygen atoms in total. The number of anilines is 1. The van der Waals surface area contributed by atoms with Crippen LogP contribution in [0.25, 0.3) is 5.57 Å². The normalized spacial score (nSPS) is 16.5. The third-order valence-electron chi connectivity index (χ3n) is 5.87. The van der Waals surface area contributed by atoms with Crippen molar-refractivity contribution in [3.63, 3.8) is 0 Å². The Hall–Kier alpha value is -2.79. The van der Waals surface area contributed by atoms with Gasteiger partial charge in [0.1, 0.15) is 15.6 Å². The number of fused-ring (bicyclic) bond motifs is 1. The summed E-state index contributed by atoms with van der Waals surface area (Å²) < 4.78 is 15.9. The Morgan fingerprint density at radius 2 is 1.57 bits per heavy atom. The maximum absolute atomic E-state index is 13.9. The SMILES string of the molecule is COC(=O)C1=C(C(=O)OC)SC(=C2C(=S)C(C)(C)N(C(=O)c3cccc(Cl)c3)c3cc(OC)ccc32)S1. The van der Waals surface area contributed by atoms with E-state index in [1.165, 1.54) is 14.2 Å². The van der Waals surface area contributed by atoms with E-state index < -0.39 is 17.5 Å². The fraction of sp³-hybridized carbons (Fsp3) is 0.231. The van der Waals surface area contributed by atoms with Crippen molar-refractivity contribution >= 4 is 81.3 Å². The van der Waals surface area contributed by atoms with Gasteiger partial charge in [0.05, 0.1) is 41.7 Å². The summed E-state index contributed by atoms with van der Waals surface area (Å²) in [5, 5.41) is 0.437. The summed E-state index contributed by atoms with van der Waals surface area (Å²) in [5.41, 5.74) is 1.30. The standard InChI is InChI=1S/C26H22ClNO6S3/c1-26(2)21(35)18(25-36-19(23(30)33-4)20(37-25)24(31)34-5)16-10-9-15(32-3)12-17(16)28(26)22(29)13-7-6-8-14(27)11-13/h6-12H,1-5H3. The van der Waals surface area contributed by atoms with E-state index in [0.29, 0.717) is 42.3 Å². The number of benzene rings is 2. The highest BCUT2D eigenvalue weighted by Crippen LogP contribution is 2.56. The topological polar surface area (TPSA) is 82.1 Å². The molecule has 0 radical (unpaired) electrons. The minimum atomic E-state index is -0.975. The van der Waals surface area contributed by atoms with Crippen molar-refractivity contribution < 1.29 is 28.6 Å². The van der Waals surface area contributed by atoms with Crippen molar-refractivity contribution in [1.29, 1.82) is 0 Å². The molecule has 4 rings (SSSR count). The fourth-order valence-corrected chi connectivity index (χ4v) is 7.26. The van der Waals surface area contributed by atoms with Gasteiger partial charge in [-0.25, -0.2) is 9.59 Å². The highest BCUT2D eigenvalue weighted by atomic mass is 35.5. The van der Waals surface area contributed by atoms with Crippen molar-refractivity contribution in [2.75, 3.05) is 26.2 Å². The summed E-state index contributed by atoms with van der Waals surface area (Å²) >= 11 is 14.4. The number of esters is 2. The van der Waals surface area contributed by atoms with Crippen LogP contribution >= 0.6 is 47.3 Å². The molecule has 2 aliphatic heterocycles. The van der Waals surface area contributed by atoms with Gasteiger partial charge < -0.3 is 14.2 Å². The zero-order valence-electron chi connectivity index (χ0n) is 20.5. The van der Waals surface area contributed by atoms with Crippen LogP contribution in [0.15, 0.2) is 56.5 Å². The zero-order chi connectivity index (χ0) is 27.1. The Morgan fingerprint density at radius 3 is 2.11 bits per heavy atom. The van der Waals surface area contributed by atoms with Crippen LogP contribution in [-0.4, -0.2) is 49.6 Å². The number of methoxy groups -OCH3 is 3. The first-order valence-corrected chi connectivity index (χ1v) is 13.3. The van der Waals surface area contributed by atoms with E-state index in [1.54, 1.807) is 48.4 Å². The summed E-state index contributed by atoms with van der Waals surface area (Å²) in [7, 11) is 4.03. The van der Waals surface area contributed by atoms with Gasteiger partial charge in [0.25, 0.3) is 5.91 Å². The minimum absolute atomic E-state index is 0.120. The van der Waals surface area contributed by atoms with Crippen LogP contribution in [0.1, 0.15) is 29.8 Å². The van der Waals surface area contributed by atoms with Gasteiger partial charge >= 0.3 is 11.9 Å². The number of thioether (sulfide) groups is 2. The lowest BCUT2D eigenvalue weighted by Gasteiger charge is -2.45. The first-order chi connectivity index (χ1) is 17.5. The molecule has 0 saturated heterocycles. The molecule has 2 aliphatic rings. The van der Waals surface area contributed by atoms with Gasteiger partial charge in [-0.15, -0.1) is 0 Å². The Labute approximate surface area is 233 Å².